The number of pyridine rings is 1. The minimum atomic E-state index is 0.514. The van der Waals surface area contributed by atoms with Crippen LogP contribution in [0.3, 0.4) is 0 Å². The maximum absolute atomic E-state index is 6.15. The molecule has 15 heavy (non-hydrogen) atoms. The Labute approximate surface area is 96.9 Å². The summed E-state index contributed by atoms with van der Waals surface area (Å²) in [6.07, 6.45) is 2.51. The summed E-state index contributed by atoms with van der Waals surface area (Å²) in [5.41, 5.74) is 2.32. The summed E-state index contributed by atoms with van der Waals surface area (Å²) < 4.78 is 0. The molecule has 0 N–H and O–H groups in total. The second kappa shape index (κ2) is 4.13. The summed E-state index contributed by atoms with van der Waals surface area (Å²) in [4.78, 5) is 4.72. The lowest BCUT2D eigenvalue weighted by atomic mass is 9.94. The van der Waals surface area contributed by atoms with Crippen molar-refractivity contribution in [2.45, 2.75) is 45.4 Å². The zero-order chi connectivity index (χ0) is 11.0. The normalized spacial score (nSPS) is 18.2. The van der Waals surface area contributed by atoms with E-state index in [-0.39, 0.29) is 0 Å². The van der Waals surface area contributed by atoms with E-state index >= 15 is 0 Å². The molecule has 1 saturated carbocycles. The van der Waals surface area contributed by atoms with E-state index in [2.05, 4.69) is 26.8 Å². The lowest BCUT2D eigenvalue weighted by Gasteiger charge is -2.16. The molecule has 2 heteroatoms. The Morgan fingerprint density at radius 2 is 1.93 bits per heavy atom. The van der Waals surface area contributed by atoms with Crippen molar-refractivity contribution in [1.82, 2.24) is 4.98 Å². The molecule has 0 saturated heterocycles. The average molecular weight is 224 g/mol. The second-order valence-electron chi connectivity index (χ2n) is 4.91. The molecule has 0 bridgehead atoms. The molecule has 0 unspecified atom stereocenters. The molecule has 0 amide bonds. The molecule has 1 aromatic rings. The van der Waals surface area contributed by atoms with E-state index in [4.69, 9.17) is 16.6 Å². The van der Waals surface area contributed by atoms with Crippen molar-refractivity contribution in [2.75, 3.05) is 0 Å². The van der Waals surface area contributed by atoms with Gasteiger partial charge >= 0.3 is 0 Å². The van der Waals surface area contributed by atoms with E-state index in [9.17, 15) is 0 Å². The predicted octanol–water partition coefficient (Wildman–Crippen LogP) is 4.37. The molecule has 1 nitrogen and oxygen atoms in total. The first-order valence-corrected chi connectivity index (χ1v) is 6.13. The summed E-state index contributed by atoms with van der Waals surface area (Å²) >= 11 is 6.15. The fourth-order valence-electron chi connectivity index (χ4n) is 1.71. The van der Waals surface area contributed by atoms with Gasteiger partial charge in [0.2, 0.25) is 0 Å². The Morgan fingerprint density at radius 3 is 2.47 bits per heavy atom. The first kappa shape index (κ1) is 10.9. The van der Waals surface area contributed by atoms with Gasteiger partial charge in [-0.1, -0.05) is 32.4 Å². The molecule has 82 valence electrons. The van der Waals surface area contributed by atoms with Crippen LogP contribution in [0.2, 0.25) is 5.02 Å². The van der Waals surface area contributed by atoms with E-state index in [0.29, 0.717) is 17.8 Å². The lowest BCUT2D eigenvalue weighted by molar-refractivity contribution is 0.522. The molecule has 1 aliphatic rings. The van der Waals surface area contributed by atoms with Gasteiger partial charge in [0, 0.05) is 17.5 Å². The smallest absolute Gasteiger partial charge is 0.0624 e. The van der Waals surface area contributed by atoms with Crippen LogP contribution in [0.4, 0.5) is 0 Å². The highest BCUT2D eigenvalue weighted by molar-refractivity contribution is 6.31. The summed E-state index contributed by atoms with van der Waals surface area (Å²) in [7, 11) is 0. The topological polar surface area (TPSA) is 12.9 Å². The molecule has 2 rings (SSSR count). The van der Waals surface area contributed by atoms with E-state index in [0.717, 1.165) is 10.7 Å². The molecule has 0 aromatic carbocycles. The van der Waals surface area contributed by atoms with Gasteiger partial charge in [-0.15, -0.1) is 0 Å². The van der Waals surface area contributed by atoms with Crippen LogP contribution in [0.1, 0.15) is 56.8 Å². The van der Waals surface area contributed by atoms with Crippen LogP contribution in [0.5, 0.6) is 0 Å². The number of halogens is 1. The molecule has 1 fully saturated rings. The fraction of sp³-hybridized carbons (Fsp3) is 0.615. The summed E-state index contributed by atoms with van der Waals surface area (Å²) in [6.45, 7) is 6.70. The Hall–Kier alpha value is -0.560. The van der Waals surface area contributed by atoms with Crippen molar-refractivity contribution in [1.29, 1.82) is 0 Å². The minimum Gasteiger partial charge on any atom is -0.256 e. The average Bonchev–Trinajstić information content (AvgIpc) is 3.01. The Morgan fingerprint density at radius 1 is 1.27 bits per heavy atom. The summed E-state index contributed by atoms with van der Waals surface area (Å²) in [5.74, 6) is 1.78. The van der Waals surface area contributed by atoms with Gasteiger partial charge < -0.3 is 0 Å². The van der Waals surface area contributed by atoms with Gasteiger partial charge in [-0.05, 0) is 30.9 Å². The fourth-order valence-corrected chi connectivity index (χ4v) is 1.97. The van der Waals surface area contributed by atoms with Crippen LogP contribution in [0.15, 0.2) is 12.1 Å². The zero-order valence-electron chi connectivity index (χ0n) is 9.63. The molecule has 1 aromatic heterocycles. The van der Waals surface area contributed by atoms with Gasteiger partial charge in [0.25, 0.3) is 0 Å². The molecule has 0 radical (unpaired) electrons. The largest absolute Gasteiger partial charge is 0.256 e. The lowest BCUT2D eigenvalue weighted by Crippen LogP contribution is -2.06. The standard InChI is InChI=1S/C13H18ClN/c1-8(2)9(3)12-7-6-11(14)13(15-12)10-4-5-10/h6-10H,4-5H2,1-3H3/t9-/m1/s1. The summed E-state index contributed by atoms with van der Waals surface area (Å²) in [6, 6.07) is 4.08. The maximum Gasteiger partial charge on any atom is 0.0624 e. The van der Waals surface area contributed by atoms with E-state index in [1.165, 1.54) is 18.5 Å². The Kier molecular flexibility index (Phi) is 3.01. The number of nitrogens with zero attached hydrogens (tertiary/aromatic N) is 1. The molecule has 0 aliphatic heterocycles. The summed E-state index contributed by atoms with van der Waals surface area (Å²) in [5, 5.41) is 0.845. The Balaban J connectivity index is 2.29. The van der Waals surface area contributed by atoms with Crippen molar-refractivity contribution >= 4 is 11.6 Å². The van der Waals surface area contributed by atoms with Gasteiger partial charge in [0.15, 0.2) is 0 Å². The van der Waals surface area contributed by atoms with Crippen molar-refractivity contribution < 1.29 is 0 Å². The van der Waals surface area contributed by atoms with Gasteiger partial charge in [-0.3, -0.25) is 4.98 Å². The molecule has 1 atom stereocenters. The van der Waals surface area contributed by atoms with Crippen LogP contribution >= 0.6 is 11.6 Å². The number of aromatic nitrogens is 1. The number of rotatable bonds is 3. The van der Waals surface area contributed by atoms with Crippen LogP contribution in [-0.2, 0) is 0 Å². The van der Waals surface area contributed by atoms with Crippen molar-refractivity contribution in [3.8, 4) is 0 Å². The van der Waals surface area contributed by atoms with E-state index < -0.39 is 0 Å². The van der Waals surface area contributed by atoms with Crippen molar-refractivity contribution in [3.05, 3.63) is 28.5 Å². The van der Waals surface area contributed by atoms with E-state index in [1.807, 2.05) is 6.07 Å². The third kappa shape index (κ3) is 2.34. The SMILES string of the molecule is CC(C)[C@@H](C)c1ccc(Cl)c(C2CC2)n1. The monoisotopic (exact) mass is 223 g/mol. The third-order valence-corrected chi connectivity index (χ3v) is 3.64. The number of hydrogen-bond acceptors (Lipinski definition) is 1. The molecule has 1 heterocycles. The maximum atomic E-state index is 6.15. The zero-order valence-corrected chi connectivity index (χ0v) is 10.4. The first-order valence-electron chi connectivity index (χ1n) is 5.76. The number of hydrogen-bond donors (Lipinski definition) is 0. The molecule has 0 spiro atoms. The van der Waals surface area contributed by atoms with Crippen LogP contribution < -0.4 is 0 Å². The molecular formula is C13H18ClN. The van der Waals surface area contributed by atoms with Crippen molar-refractivity contribution in [2.24, 2.45) is 5.92 Å². The van der Waals surface area contributed by atoms with Gasteiger partial charge in [0.1, 0.15) is 0 Å². The molecule has 1 aliphatic carbocycles. The Bertz CT molecular complexity index is 356. The van der Waals surface area contributed by atoms with E-state index in [1.54, 1.807) is 0 Å². The highest BCUT2D eigenvalue weighted by Gasteiger charge is 2.28. The highest BCUT2D eigenvalue weighted by atomic mass is 35.5. The van der Waals surface area contributed by atoms with Gasteiger partial charge in [-0.25, -0.2) is 0 Å². The minimum absolute atomic E-state index is 0.514. The highest BCUT2D eigenvalue weighted by Crippen LogP contribution is 2.42. The molecular weight excluding hydrogens is 206 g/mol. The van der Waals surface area contributed by atoms with Gasteiger partial charge in [-0.2, -0.15) is 0 Å². The third-order valence-electron chi connectivity index (χ3n) is 3.33. The first-order chi connectivity index (χ1) is 7.09. The van der Waals surface area contributed by atoms with Crippen molar-refractivity contribution in [3.63, 3.8) is 0 Å². The van der Waals surface area contributed by atoms with Crippen LogP contribution in [0.25, 0.3) is 0 Å². The van der Waals surface area contributed by atoms with Gasteiger partial charge in [0.05, 0.1) is 10.7 Å². The second-order valence-corrected chi connectivity index (χ2v) is 5.32. The van der Waals surface area contributed by atoms with Crippen LogP contribution in [-0.4, -0.2) is 4.98 Å². The predicted molar refractivity (Wildman–Crippen MR) is 64.5 cm³/mol. The van der Waals surface area contributed by atoms with Crippen LogP contribution in [0, 0.1) is 5.92 Å². The quantitative estimate of drug-likeness (QED) is 0.742.